The summed E-state index contributed by atoms with van der Waals surface area (Å²) in [6.07, 6.45) is 5.65. The van der Waals surface area contributed by atoms with Crippen molar-refractivity contribution in [2.45, 2.75) is 25.5 Å². The first-order chi connectivity index (χ1) is 9.92. The molecule has 3 aromatic rings. The number of ether oxygens (including phenoxy) is 1. The zero-order valence-electron chi connectivity index (χ0n) is 11.0. The molecule has 5 heteroatoms. The van der Waals surface area contributed by atoms with E-state index in [1.165, 1.54) is 0 Å². The van der Waals surface area contributed by atoms with Crippen molar-refractivity contribution >= 4 is 11.2 Å². The molecule has 3 aromatic heterocycles. The predicted octanol–water partition coefficient (Wildman–Crippen LogP) is 2.92. The summed E-state index contributed by atoms with van der Waals surface area (Å²) >= 11 is 0. The van der Waals surface area contributed by atoms with Crippen LogP contribution in [0.5, 0.6) is 0 Å². The molecule has 0 spiro atoms. The molecule has 20 heavy (non-hydrogen) atoms. The summed E-state index contributed by atoms with van der Waals surface area (Å²) in [5.74, 6) is 1.85. The number of imidazole rings is 1. The Morgan fingerprint density at radius 1 is 1.30 bits per heavy atom. The summed E-state index contributed by atoms with van der Waals surface area (Å²) in [4.78, 5) is 9.17. The van der Waals surface area contributed by atoms with Crippen molar-refractivity contribution in [1.82, 2.24) is 14.5 Å². The Hall–Kier alpha value is -2.14. The molecule has 1 fully saturated rings. The van der Waals surface area contributed by atoms with Gasteiger partial charge in [0.1, 0.15) is 23.2 Å². The van der Waals surface area contributed by atoms with Crippen molar-refractivity contribution in [2.24, 2.45) is 0 Å². The number of rotatable bonds is 3. The maximum atomic E-state index is 5.79. The molecule has 1 aliphatic rings. The average molecular weight is 269 g/mol. The third kappa shape index (κ3) is 1.91. The molecule has 1 atom stereocenters. The average Bonchev–Trinajstić information content (AvgIpc) is 3.19. The van der Waals surface area contributed by atoms with Crippen LogP contribution in [0.2, 0.25) is 0 Å². The Bertz CT molecular complexity index is 712. The number of nitrogens with zero attached hydrogens (tertiary/aromatic N) is 3. The zero-order chi connectivity index (χ0) is 13.4. The molecule has 0 aromatic carbocycles. The molecule has 0 amide bonds. The lowest BCUT2D eigenvalue weighted by Crippen LogP contribution is -2.09. The molecular weight excluding hydrogens is 254 g/mol. The minimum Gasteiger partial charge on any atom is -0.467 e. The summed E-state index contributed by atoms with van der Waals surface area (Å²) in [5.41, 5.74) is 1.79. The standard InChI is InChI=1S/C15H15N3O2/c1-5-12-14(16-7-1)18(10-11-4-2-8-19-11)15(17-12)13-6-3-9-20-13/h1-2,4-5,7-8,13H,3,6,9-10H2. The molecule has 1 unspecified atom stereocenters. The summed E-state index contributed by atoms with van der Waals surface area (Å²) in [6.45, 7) is 1.44. The summed E-state index contributed by atoms with van der Waals surface area (Å²) < 4.78 is 13.3. The summed E-state index contributed by atoms with van der Waals surface area (Å²) in [5, 5.41) is 0. The van der Waals surface area contributed by atoms with Crippen LogP contribution in [0.3, 0.4) is 0 Å². The van der Waals surface area contributed by atoms with E-state index in [0.29, 0.717) is 6.54 Å². The van der Waals surface area contributed by atoms with Crippen LogP contribution in [0, 0.1) is 0 Å². The van der Waals surface area contributed by atoms with Gasteiger partial charge in [-0.05, 0) is 37.1 Å². The molecular formula is C15H15N3O2. The topological polar surface area (TPSA) is 53.1 Å². The van der Waals surface area contributed by atoms with E-state index in [1.54, 1.807) is 12.5 Å². The van der Waals surface area contributed by atoms with Crippen LogP contribution in [0.25, 0.3) is 11.2 Å². The Labute approximate surface area is 116 Å². The van der Waals surface area contributed by atoms with Crippen LogP contribution < -0.4 is 0 Å². The van der Waals surface area contributed by atoms with Crippen LogP contribution >= 0.6 is 0 Å². The summed E-state index contributed by atoms with van der Waals surface area (Å²) in [6, 6.07) is 7.76. The van der Waals surface area contributed by atoms with Crippen molar-refractivity contribution in [3.8, 4) is 0 Å². The zero-order valence-corrected chi connectivity index (χ0v) is 11.0. The van der Waals surface area contributed by atoms with Gasteiger partial charge in [0.15, 0.2) is 5.65 Å². The van der Waals surface area contributed by atoms with Crippen molar-refractivity contribution in [2.75, 3.05) is 6.61 Å². The fourth-order valence-electron chi connectivity index (χ4n) is 2.72. The largest absolute Gasteiger partial charge is 0.467 e. The molecule has 0 radical (unpaired) electrons. The van der Waals surface area contributed by atoms with E-state index >= 15 is 0 Å². The van der Waals surface area contributed by atoms with Crippen LogP contribution in [0.4, 0.5) is 0 Å². The first kappa shape index (κ1) is 11.7. The van der Waals surface area contributed by atoms with Gasteiger partial charge in [0.25, 0.3) is 0 Å². The Balaban J connectivity index is 1.83. The molecule has 5 nitrogen and oxygen atoms in total. The maximum absolute atomic E-state index is 5.79. The molecule has 102 valence electrons. The van der Waals surface area contributed by atoms with E-state index in [4.69, 9.17) is 14.1 Å². The van der Waals surface area contributed by atoms with Crippen LogP contribution in [0.15, 0.2) is 41.1 Å². The molecule has 0 saturated carbocycles. The number of fused-ring (bicyclic) bond motifs is 1. The van der Waals surface area contributed by atoms with E-state index in [-0.39, 0.29) is 6.10 Å². The molecule has 1 aliphatic heterocycles. The van der Waals surface area contributed by atoms with Gasteiger partial charge in [0.05, 0.1) is 12.8 Å². The SMILES string of the molecule is c1coc(Cn2c(C3CCCO3)nc3cccnc32)c1. The Morgan fingerprint density at radius 2 is 2.30 bits per heavy atom. The predicted molar refractivity (Wildman–Crippen MR) is 73.3 cm³/mol. The van der Waals surface area contributed by atoms with Crippen LogP contribution in [-0.4, -0.2) is 21.1 Å². The molecule has 4 heterocycles. The number of aromatic nitrogens is 3. The van der Waals surface area contributed by atoms with Crippen molar-refractivity contribution in [3.63, 3.8) is 0 Å². The maximum Gasteiger partial charge on any atom is 0.160 e. The van der Waals surface area contributed by atoms with E-state index in [1.807, 2.05) is 24.3 Å². The Kier molecular flexibility index (Phi) is 2.77. The summed E-state index contributed by atoms with van der Waals surface area (Å²) in [7, 11) is 0. The quantitative estimate of drug-likeness (QED) is 0.733. The second kappa shape index (κ2) is 4.76. The van der Waals surface area contributed by atoms with E-state index < -0.39 is 0 Å². The highest BCUT2D eigenvalue weighted by Gasteiger charge is 2.25. The van der Waals surface area contributed by atoms with Crippen LogP contribution in [0.1, 0.15) is 30.5 Å². The molecule has 4 rings (SSSR count). The third-order valence-electron chi connectivity index (χ3n) is 3.65. The van der Waals surface area contributed by atoms with Gasteiger partial charge in [-0.1, -0.05) is 0 Å². The van der Waals surface area contributed by atoms with Gasteiger partial charge in [-0.3, -0.25) is 0 Å². The van der Waals surface area contributed by atoms with Crippen molar-refractivity contribution in [3.05, 3.63) is 48.3 Å². The minimum absolute atomic E-state index is 0.0687. The van der Waals surface area contributed by atoms with Gasteiger partial charge in [-0.2, -0.15) is 0 Å². The van der Waals surface area contributed by atoms with Gasteiger partial charge in [-0.15, -0.1) is 0 Å². The van der Waals surface area contributed by atoms with Gasteiger partial charge < -0.3 is 13.7 Å². The van der Waals surface area contributed by atoms with Crippen LogP contribution in [-0.2, 0) is 11.3 Å². The fourth-order valence-corrected chi connectivity index (χ4v) is 2.72. The lowest BCUT2D eigenvalue weighted by atomic mass is 10.2. The second-order valence-electron chi connectivity index (χ2n) is 4.98. The third-order valence-corrected chi connectivity index (χ3v) is 3.65. The van der Waals surface area contributed by atoms with Gasteiger partial charge in [0.2, 0.25) is 0 Å². The first-order valence-corrected chi connectivity index (χ1v) is 6.87. The Morgan fingerprint density at radius 3 is 3.10 bits per heavy atom. The normalized spacial score (nSPS) is 18.9. The number of pyridine rings is 1. The van der Waals surface area contributed by atoms with E-state index in [0.717, 1.165) is 42.2 Å². The highest BCUT2D eigenvalue weighted by atomic mass is 16.5. The number of hydrogen-bond donors (Lipinski definition) is 0. The van der Waals surface area contributed by atoms with Gasteiger partial charge >= 0.3 is 0 Å². The highest BCUT2D eigenvalue weighted by Crippen LogP contribution is 2.30. The smallest absolute Gasteiger partial charge is 0.160 e. The van der Waals surface area contributed by atoms with Crippen molar-refractivity contribution < 1.29 is 9.15 Å². The van der Waals surface area contributed by atoms with Crippen molar-refractivity contribution in [1.29, 1.82) is 0 Å². The number of hydrogen-bond acceptors (Lipinski definition) is 4. The molecule has 0 aliphatic carbocycles. The lowest BCUT2D eigenvalue weighted by Gasteiger charge is -2.11. The fraction of sp³-hybridized carbons (Fsp3) is 0.333. The molecule has 0 bridgehead atoms. The monoisotopic (exact) mass is 269 g/mol. The van der Waals surface area contributed by atoms with Gasteiger partial charge in [0, 0.05) is 12.8 Å². The second-order valence-corrected chi connectivity index (χ2v) is 4.98. The van der Waals surface area contributed by atoms with E-state index in [9.17, 15) is 0 Å². The van der Waals surface area contributed by atoms with E-state index in [2.05, 4.69) is 9.55 Å². The minimum atomic E-state index is 0.0687. The molecule has 1 saturated heterocycles. The lowest BCUT2D eigenvalue weighted by molar-refractivity contribution is 0.102. The molecule has 0 N–H and O–H groups in total. The first-order valence-electron chi connectivity index (χ1n) is 6.87. The number of furan rings is 1. The van der Waals surface area contributed by atoms with Gasteiger partial charge in [-0.25, -0.2) is 9.97 Å². The highest BCUT2D eigenvalue weighted by molar-refractivity contribution is 5.71.